The number of hydrogen-bond acceptors (Lipinski definition) is 4. The number of anilines is 1. The molecule has 0 spiro atoms. The summed E-state index contributed by atoms with van der Waals surface area (Å²) in [5, 5.41) is 18.9. The molecule has 0 heterocycles. The van der Waals surface area contributed by atoms with Crippen molar-refractivity contribution in [2.45, 2.75) is 45.6 Å². The van der Waals surface area contributed by atoms with Crippen molar-refractivity contribution in [2.24, 2.45) is 5.92 Å². The average molecular weight is 343 g/mol. The molecule has 0 radical (unpaired) electrons. The number of nitriles is 1. The number of nitrogens with zero attached hydrogens (tertiary/aromatic N) is 3. The number of carbonyl (C=O) groups excluding carboxylic acids is 1. The molecule has 2 unspecified atom stereocenters. The van der Waals surface area contributed by atoms with Crippen LogP contribution in [0, 0.1) is 31.1 Å². The highest BCUT2D eigenvalue weighted by Crippen LogP contribution is 2.26. The van der Waals surface area contributed by atoms with Crippen LogP contribution in [-0.2, 0) is 4.79 Å². The number of benzene rings is 1. The molecular weight excluding hydrogens is 314 g/mol. The third-order valence-electron chi connectivity index (χ3n) is 5.19. The van der Waals surface area contributed by atoms with Crippen LogP contribution in [0.25, 0.3) is 0 Å². The molecule has 1 aliphatic carbocycles. The van der Waals surface area contributed by atoms with Gasteiger partial charge in [0.05, 0.1) is 25.1 Å². The summed E-state index contributed by atoms with van der Waals surface area (Å²) in [6, 6.07) is 8.05. The number of hydrogen-bond donors (Lipinski definition) is 1. The van der Waals surface area contributed by atoms with E-state index in [0.717, 1.165) is 42.6 Å². The van der Waals surface area contributed by atoms with Crippen LogP contribution in [0.2, 0.25) is 0 Å². The van der Waals surface area contributed by atoms with Crippen LogP contribution in [-0.4, -0.2) is 48.7 Å². The maximum absolute atomic E-state index is 12.9. The molecule has 1 saturated carbocycles. The smallest absolute Gasteiger partial charge is 0.241 e. The molecule has 0 aromatic heterocycles. The minimum Gasteiger partial charge on any atom is -0.393 e. The van der Waals surface area contributed by atoms with Gasteiger partial charge in [0.1, 0.15) is 0 Å². The van der Waals surface area contributed by atoms with Gasteiger partial charge in [-0.2, -0.15) is 5.26 Å². The molecule has 0 saturated heterocycles. The minimum atomic E-state index is -0.244. The number of rotatable bonds is 7. The zero-order valence-electron chi connectivity index (χ0n) is 15.5. The van der Waals surface area contributed by atoms with E-state index < -0.39 is 0 Å². The summed E-state index contributed by atoms with van der Waals surface area (Å²) in [5.74, 6) is 0.255. The fourth-order valence-corrected chi connectivity index (χ4v) is 3.58. The topological polar surface area (TPSA) is 67.6 Å². The van der Waals surface area contributed by atoms with Gasteiger partial charge in [-0.1, -0.05) is 18.6 Å². The molecule has 0 aliphatic heterocycles. The van der Waals surface area contributed by atoms with Gasteiger partial charge in [0.25, 0.3) is 0 Å². The number of aliphatic hydroxyl groups excluding tert-OH is 1. The van der Waals surface area contributed by atoms with Crippen LogP contribution >= 0.6 is 0 Å². The lowest BCUT2D eigenvalue weighted by Crippen LogP contribution is -2.42. The van der Waals surface area contributed by atoms with Gasteiger partial charge < -0.3 is 10.0 Å². The Bertz CT molecular complexity index is 638. The first kappa shape index (κ1) is 19.4. The normalized spacial score (nSPS) is 19.8. The molecule has 1 fully saturated rings. The zero-order valence-corrected chi connectivity index (χ0v) is 15.5. The van der Waals surface area contributed by atoms with Crippen molar-refractivity contribution in [3.8, 4) is 6.07 Å². The summed E-state index contributed by atoms with van der Waals surface area (Å²) >= 11 is 0. The Kier molecular flexibility index (Phi) is 6.98. The molecule has 1 aliphatic rings. The van der Waals surface area contributed by atoms with Gasteiger partial charge in [0, 0.05) is 18.8 Å². The second kappa shape index (κ2) is 8.98. The second-order valence-electron chi connectivity index (χ2n) is 7.13. The Hall–Kier alpha value is -1.90. The largest absolute Gasteiger partial charge is 0.393 e. The molecule has 0 bridgehead atoms. The Morgan fingerprint density at radius 1 is 1.36 bits per heavy atom. The van der Waals surface area contributed by atoms with E-state index in [-0.39, 0.29) is 17.9 Å². The van der Waals surface area contributed by atoms with Crippen molar-refractivity contribution >= 4 is 11.6 Å². The van der Waals surface area contributed by atoms with Gasteiger partial charge >= 0.3 is 0 Å². The molecule has 1 N–H and O–H groups in total. The van der Waals surface area contributed by atoms with E-state index in [9.17, 15) is 9.90 Å². The minimum absolute atomic E-state index is 0.000985. The predicted octanol–water partition coefficient (Wildman–Crippen LogP) is 2.64. The molecule has 25 heavy (non-hydrogen) atoms. The van der Waals surface area contributed by atoms with E-state index in [1.54, 1.807) is 4.90 Å². The lowest BCUT2D eigenvalue weighted by molar-refractivity contribution is -0.119. The van der Waals surface area contributed by atoms with Gasteiger partial charge in [-0.3, -0.25) is 9.69 Å². The summed E-state index contributed by atoms with van der Waals surface area (Å²) < 4.78 is 0. The van der Waals surface area contributed by atoms with E-state index in [1.165, 1.54) is 0 Å². The molecule has 136 valence electrons. The van der Waals surface area contributed by atoms with E-state index in [1.807, 2.05) is 44.0 Å². The van der Waals surface area contributed by atoms with E-state index in [2.05, 4.69) is 6.07 Å². The van der Waals surface area contributed by atoms with Gasteiger partial charge in [-0.05, 0) is 56.8 Å². The number of aryl methyl sites for hydroxylation is 1. The van der Waals surface area contributed by atoms with Crippen LogP contribution in [0.1, 0.15) is 36.8 Å². The number of amides is 1. The number of carbonyl (C=O) groups is 1. The van der Waals surface area contributed by atoms with Crippen molar-refractivity contribution in [3.63, 3.8) is 0 Å². The highest BCUT2D eigenvalue weighted by atomic mass is 16.3. The molecule has 5 heteroatoms. The van der Waals surface area contributed by atoms with Crippen molar-refractivity contribution in [2.75, 3.05) is 31.6 Å². The van der Waals surface area contributed by atoms with Gasteiger partial charge in [0.15, 0.2) is 0 Å². The van der Waals surface area contributed by atoms with Crippen molar-refractivity contribution in [1.82, 2.24) is 4.90 Å². The maximum atomic E-state index is 12.9. The molecular formula is C20H29N3O2. The molecule has 1 amide bonds. The van der Waals surface area contributed by atoms with E-state index >= 15 is 0 Å². The molecule has 2 rings (SSSR count). The summed E-state index contributed by atoms with van der Waals surface area (Å²) in [7, 11) is 1.93. The lowest BCUT2D eigenvalue weighted by Gasteiger charge is -2.28. The average Bonchev–Trinajstić information content (AvgIpc) is 2.96. The first-order chi connectivity index (χ1) is 11.9. The third kappa shape index (κ3) is 5.04. The summed E-state index contributed by atoms with van der Waals surface area (Å²) in [5.41, 5.74) is 3.09. The summed E-state index contributed by atoms with van der Waals surface area (Å²) in [4.78, 5) is 16.6. The van der Waals surface area contributed by atoms with Crippen molar-refractivity contribution in [3.05, 3.63) is 29.3 Å². The van der Waals surface area contributed by atoms with Gasteiger partial charge in [-0.15, -0.1) is 0 Å². The Balaban J connectivity index is 2.07. The first-order valence-corrected chi connectivity index (χ1v) is 9.04. The maximum Gasteiger partial charge on any atom is 0.241 e. The molecule has 1 aromatic rings. The molecule has 1 aromatic carbocycles. The van der Waals surface area contributed by atoms with E-state index in [0.29, 0.717) is 19.5 Å². The van der Waals surface area contributed by atoms with Gasteiger partial charge in [0.2, 0.25) is 5.91 Å². The Morgan fingerprint density at radius 3 is 2.76 bits per heavy atom. The van der Waals surface area contributed by atoms with Crippen LogP contribution in [0.5, 0.6) is 0 Å². The quantitative estimate of drug-likeness (QED) is 0.826. The monoisotopic (exact) mass is 343 g/mol. The highest BCUT2D eigenvalue weighted by molar-refractivity contribution is 5.95. The fraction of sp³-hybridized carbons (Fsp3) is 0.600. The van der Waals surface area contributed by atoms with Crippen LogP contribution < -0.4 is 4.90 Å². The molecule has 5 nitrogen and oxygen atoms in total. The van der Waals surface area contributed by atoms with Crippen molar-refractivity contribution in [1.29, 1.82) is 5.26 Å². The Labute approximate surface area is 150 Å². The second-order valence-corrected chi connectivity index (χ2v) is 7.13. The number of likely N-dealkylation sites (N-methyl/N-ethyl adjacent to an activating group) is 1. The van der Waals surface area contributed by atoms with Crippen LogP contribution in [0.4, 0.5) is 5.69 Å². The summed E-state index contributed by atoms with van der Waals surface area (Å²) in [6.07, 6.45) is 3.01. The standard InChI is InChI=1S/C20H29N3O2/c1-15-7-4-9-18(16(15)2)23(12-6-11-21)20(25)14-22(3)13-17-8-5-10-19(17)24/h4,7,9,17,19,24H,5-6,8,10,12-14H2,1-3H3. The third-order valence-corrected chi connectivity index (χ3v) is 5.19. The Morgan fingerprint density at radius 2 is 2.12 bits per heavy atom. The molecule has 2 atom stereocenters. The fourth-order valence-electron chi connectivity index (χ4n) is 3.58. The summed E-state index contributed by atoms with van der Waals surface area (Å²) in [6.45, 7) is 5.46. The van der Waals surface area contributed by atoms with Gasteiger partial charge in [-0.25, -0.2) is 0 Å². The predicted molar refractivity (Wildman–Crippen MR) is 99.3 cm³/mol. The first-order valence-electron chi connectivity index (χ1n) is 9.04. The van der Waals surface area contributed by atoms with Crippen molar-refractivity contribution < 1.29 is 9.90 Å². The SMILES string of the molecule is Cc1cccc(N(CCC#N)C(=O)CN(C)CC2CCCC2O)c1C. The zero-order chi connectivity index (χ0) is 18.4. The van der Waals surface area contributed by atoms with Crippen LogP contribution in [0.15, 0.2) is 18.2 Å². The van der Waals surface area contributed by atoms with Crippen LogP contribution in [0.3, 0.4) is 0 Å². The van der Waals surface area contributed by atoms with E-state index in [4.69, 9.17) is 5.26 Å². The number of aliphatic hydroxyl groups is 1. The lowest BCUT2D eigenvalue weighted by atomic mass is 10.1. The highest BCUT2D eigenvalue weighted by Gasteiger charge is 2.27.